The van der Waals surface area contributed by atoms with E-state index in [1.807, 2.05) is 24.3 Å². The van der Waals surface area contributed by atoms with E-state index in [0.29, 0.717) is 18.1 Å². The van der Waals surface area contributed by atoms with Gasteiger partial charge in [0, 0.05) is 54.1 Å². The number of ether oxygens (including phenoxy) is 1. The molecule has 2 aromatic heterocycles. The van der Waals surface area contributed by atoms with Crippen molar-refractivity contribution in [1.82, 2.24) is 15.0 Å². The van der Waals surface area contributed by atoms with Gasteiger partial charge in [-0.1, -0.05) is 30.3 Å². The molecule has 7 heteroatoms. The third-order valence-corrected chi connectivity index (χ3v) is 5.79. The van der Waals surface area contributed by atoms with Crippen LogP contribution in [0.1, 0.15) is 27.2 Å². The van der Waals surface area contributed by atoms with Crippen LogP contribution in [0.5, 0.6) is 0 Å². The first-order valence-corrected chi connectivity index (χ1v) is 10.1. The number of esters is 1. The Morgan fingerprint density at radius 2 is 1.87 bits per heavy atom. The first-order valence-electron chi connectivity index (χ1n) is 10.1. The van der Waals surface area contributed by atoms with Crippen LogP contribution in [0.3, 0.4) is 0 Å². The molecule has 2 N–H and O–H groups in total. The number of aliphatic hydroxyl groups excluding tert-OH is 1. The van der Waals surface area contributed by atoms with Gasteiger partial charge in [0.15, 0.2) is 0 Å². The van der Waals surface area contributed by atoms with Crippen molar-refractivity contribution < 1.29 is 14.6 Å². The lowest BCUT2D eigenvalue weighted by Gasteiger charge is -2.27. The maximum absolute atomic E-state index is 11.6. The van der Waals surface area contributed by atoms with Gasteiger partial charge in [-0.25, -0.2) is 14.8 Å². The molecule has 4 aromatic rings. The molecule has 0 radical (unpaired) electrons. The summed E-state index contributed by atoms with van der Waals surface area (Å²) in [6.45, 7) is 1.54. The van der Waals surface area contributed by atoms with Crippen LogP contribution in [0.25, 0.3) is 22.0 Å². The molecule has 3 heterocycles. The summed E-state index contributed by atoms with van der Waals surface area (Å²) in [5.74, 6) is 0.159. The number of rotatable bonds is 4. The van der Waals surface area contributed by atoms with Gasteiger partial charge in [-0.05, 0) is 28.8 Å². The molecule has 7 nitrogen and oxygen atoms in total. The predicted molar refractivity (Wildman–Crippen MR) is 118 cm³/mol. The number of methoxy groups -OCH3 is 1. The molecule has 0 fully saturated rings. The van der Waals surface area contributed by atoms with E-state index < -0.39 is 5.97 Å². The van der Waals surface area contributed by atoms with Gasteiger partial charge in [-0.2, -0.15) is 0 Å². The van der Waals surface area contributed by atoms with Gasteiger partial charge >= 0.3 is 5.97 Å². The van der Waals surface area contributed by atoms with Gasteiger partial charge in [0.1, 0.15) is 0 Å². The number of carbonyl (C=O) groups excluding carboxylic acids is 1. The van der Waals surface area contributed by atoms with Crippen LogP contribution >= 0.6 is 0 Å². The van der Waals surface area contributed by atoms with Crippen LogP contribution in [0, 0.1) is 0 Å². The lowest BCUT2D eigenvalue weighted by molar-refractivity contribution is 0.0599. The maximum atomic E-state index is 11.6. The summed E-state index contributed by atoms with van der Waals surface area (Å²) in [6, 6.07) is 14.4. The van der Waals surface area contributed by atoms with Gasteiger partial charge in [0.2, 0.25) is 5.95 Å². The van der Waals surface area contributed by atoms with Gasteiger partial charge in [0.25, 0.3) is 0 Å². The van der Waals surface area contributed by atoms with Crippen LogP contribution in [-0.4, -0.2) is 39.7 Å². The van der Waals surface area contributed by atoms with Gasteiger partial charge in [0.05, 0.1) is 19.3 Å². The van der Waals surface area contributed by atoms with Gasteiger partial charge < -0.3 is 19.7 Å². The molecular weight excluding hydrogens is 392 g/mol. The Morgan fingerprint density at radius 3 is 2.58 bits per heavy atom. The van der Waals surface area contributed by atoms with Crippen molar-refractivity contribution in [2.24, 2.45) is 0 Å². The molecule has 1 aliphatic rings. The van der Waals surface area contributed by atoms with Crippen molar-refractivity contribution in [3.8, 4) is 11.1 Å². The predicted octanol–water partition coefficient (Wildman–Crippen LogP) is 3.47. The quantitative estimate of drug-likeness (QED) is 0.497. The van der Waals surface area contributed by atoms with Crippen LogP contribution < -0.4 is 4.90 Å². The van der Waals surface area contributed by atoms with Crippen LogP contribution in [0.15, 0.2) is 54.9 Å². The second kappa shape index (κ2) is 7.85. The van der Waals surface area contributed by atoms with E-state index in [-0.39, 0.29) is 6.61 Å². The van der Waals surface area contributed by atoms with E-state index in [0.717, 1.165) is 35.2 Å². The molecular formula is C24H22N4O3. The number of fused-ring (bicyclic) bond motifs is 3. The minimum atomic E-state index is -0.441. The number of anilines is 1. The molecule has 0 amide bonds. The molecule has 0 aliphatic carbocycles. The molecule has 0 spiro atoms. The lowest BCUT2D eigenvalue weighted by atomic mass is 9.99. The molecule has 1 aliphatic heterocycles. The summed E-state index contributed by atoms with van der Waals surface area (Å²) in [6.07, 6.45) is 3.88. The highest BCUT2D eigenvalue weighted by Crippen LogP contribution is 2.32. The van der Waals surface area contributed by atoms with Crippen LogP contribution in [0.4, 0.5) is 5.95 Å². The highest BCUT2D eigenvalue weighted by Gasteiger charge is 2.23. The second-order valence-electron chi connectivity index (χ2n) is 7.63. The molecule has 0 saturated heterocycles. The molecule has 5 rings (SSSR count). The first-order chi connectivity index (χ1) is 15.2. The number of nitrogens with one attached hydrogen (secondary N) is 1. The average Bonchev–Trinajstić information content (AvgIpc) is 3.21. The molecule has 0 atom stereocenters. The summed E-state index contributed by atoms with van der Waals surface area (Å²) >= 11 is 0. The fourth-order valence-electron chi connectivity index (χ4n) is 4.07. The number of aromatic nitrogens is 3. The second-order valence-corrected chi connectivity index (χ2v) is 7.63. The van der Waals surface area contributed by atoms with E-state index in [4.69, 9.17) is 4.74 Å². The van der Waals surface area contributed by atoms with Crippen molar-refractivity contribution in [3.05, 3.63) is 77.2 Å². The molecule has 0 saturated carbocycles. The minimum absolute atomic E-state index is 0.0448. The van der Waals surface area contributed by atoms with E-state index in [1.54, 1.807) is 0 Å². The summed E-state index contributed by atoms with van der Waals surface area (Å²) in [7, 11) is 1.34. The smallest absolute Gasteiger partial charge is 0.341 e. The number of carbonyl (C=O) groups is 1. The Kier molecular flexibility index (Phi) is 4.88. The van der Waals surface area contributed by atoms with Crippen LogP contribution in [-0.2, 0) is 24.3 Å². The van der Waals surface area contributed by atoms with Gasteiger partial charge in [-0.3, -0.25) is 0 Å². The molecule has 31 heavy (non-hydrogen) atoms. The maximum Gasteiger partial charge on any atom is 0.341 e. The van der Waals surface area contributed by atoms with E-state index >= 15 is 0 Å². The highest BCUT2D eigenvalue weighted by atomic mass is 16.5. The number of hydrogen-bond acceptors (Lipinski definition) is 6. The summed E-state index contributed by atoms with van der Waals surface area (Å²) in [4.78, 5) is 26.1. The summed E-state index contributed by atoms with van der Waals surface area (Å²) < 4.78 is 4.72. The highest BCUT2D eigenvalue weighted by molar-refractivity contribution is 5.90. The molecule has 2 aromatic carbocycles. The average molecular weight is 414 g/mol. The number of hydrogen-bond donors (Lipinski definition) is 2. The van der Waals surface area contributed by atoms with Crippen molar-refractivity contribution in [2.75, 3.05) is 18.6 Å². The molecule has 0 bridgehead atoms. The Bertz CT molecular complexity index is 1250. The number of nitrogens with zero attached hydrogens (tertiary/aromatic N) is 3. The summed E-state index contributed by atoms with van der Waals surface area (Å²) in [5, 5.41) is 10.5. The Morgan fingerprint density at radius 1 is 1.13 bits per heavy atom. The SMILES string of the molecule is COC(=O)c1cnc(N2CCc3[nH]c4ccc(-c5ccc(CO)cc5)cc4c3C2)nc1. The zero-order valence-corrected chi connectivity index (χ0v) is 17.1. The third-order valence-electron chi connectivity index (χ3n) is 5.79. The Hall–Kier alpha value is -3.71. The van der Waals surface area contributed by atoms with E-state index in [1.165, 1.54) is 36.1 Å². The number of H-pyrrole nitrogens is 1. The minimum Gasteiger partial charge on any atom is -0.465 e. The van der Waals surface area contributed by atoms with Crippen molar-refractivity contribution in [1.29, 1.82) is 0 Å². The zero-order chi connectivity index (χ0) is 21.4. The van der Waals surface area contributed by atoms with Crippen molar-refractivity contribution >= 4 is 22.8 Å². The third kappa shape index (κ3) is 3.53. The summed E-state index contributed by atoms with van der Waals surface area (Å²) in [5.41, 5.74) is 7.09. The largest absolute Gasteiger partial charge is 0.465 e. The fraction of sp³-hybridized carbons (Fsp3) is 0.208. The Balaban J connectivity index is 1.46. The molecule has 0 unspecified atom stereocenters. The Labute approximate surface area is 179 Å². The number of benzene rings is 2. The van der Waals surface area contributed by atoms with Crippen molar-refractivity contribution in [2.45, 2.75) is 19.6 Å². The topological polar surface area (TPSA) is 91.3 Å². The first kappa shape index (κ1) is 19.3. The van der Waals surface area contributed by atoms with Gasteiger partial charge in [-0.15, -0.1) is 0 Å². The lowest BCUT2D eigenvalue weighted by Crippen LogP contribution is -2.31. The van der Waals surface area contributed by atoms with Crippen molar-refractivity contribution in [3.63, 3.8) is 0 Å². The zero-order valence-electron chi connectivity index (χ0n) is 17.1. The molecule has 156 valence electrons. The van der Waals surface area contributed by atoms with E-state index in [2.05, 4.69) is 38.1 Å². The standard InChI is InChI=1S/C24H22N4O3/c1-31-23(30)18-11-25-24(26-12-18)28-9-8-22-20(13-28)19-10-17(6-7-21(19)27-22)16-4-2-15(14-29)3-5-16/h2-7,10-12,27,29H,8-9,13-14H2,1H3. The monoisotopic (exact) mass is 414 g/mol. The normalized spacial score (nSPS) is 13.3. The number of aliphatic hydroxyl groups is 1. The fourth-order valence-corrected chi connectivity index (χ4v) is 4.07. The number of aromatic amines is 1. The van der Waals surface area contributed by atoms with E-state index in [9.17, 15) is 9.90 Å². The van der Waals surface area contributed by atoms with Crippen LogP contribution in [0.2, 0.25) is 0 Å².